The van der Waals surface area contributed by atoms with Crippen LogP contribution in [0.3, 0.4) is 0 Å². The molecular weight excluding hydrogens is 284 g/mol. The Bertz CT molecular complexity index is 639. The minimum atomic E-state index is -0.944. The highest BCUT2D eigenvalue weighted by atomic mass is 32.2. The standard InChI is InChI=1S/C16H18N2O2S/c1-10(2)14-8-11(16(19)20)9-15(18-14)17-12-4-6-13(21-3)7-5-12/h4-10H,1-3H3,(H,17,18)(H,19,20). The average molecular weight is 302 g/mol. The molecule has 0 spiro atoms. The molecule has 2 aromatic rings. The Labute approximate surface area is 128 Å². The van der Waals surface area contributed by atoms with E-state index in [0.717, 1.165) is 11.4 Å². The summed E-state index contributed by atoms with van der Waals surface area (Å²) in [6, 6.07) is 11.1. The zero-order chi connectivity index (χ0) is 15.4. The molecule has 2 N–H and O–H groups in total. The molecule has 0 aliphatic carbocycles. The van der Waals surface area contributed by atoms with Crippen LogP contribution in [0.1, 0.15) is 35.8 Å². The van der Waals surface area contributed by atoms with Crippen molar-refractivity contribution >= 4 is 29.2 Å². The first kappa shape index (κ1) is 15.4. The Kier molecular flexibility index (Phi) is 4.85. The number of pyridine rings is 1. The summed E-state index contributed by atoms with van der Waals surface area (Å²) in [5.41, 5.74) is 1.90. The number of carboxylic acid groups (broad SMARTS) is 1. The average Bonchev–Trinajstić information content (AvgIpc) is 2.47. The van der Waals surface area contributed by atoms with Gasteiger partial charge >= 0.3 is 5.97 Å². The van der Waals surface area contributed by atoms with Gasteiger partial charge in [-0.3, -0.25) is 0 Å². The van der Waals surface area contributed by atoms with Crippen molar-refractivity contribution in [2.24, 2.45) is 0 Å². The topological polar surface area (TPSA) is 62.2 Å². The van der Waals surface area contributed by atoms with Gasteiger partial charge in [0.05, 0.1) is 5.56 Å². The summed E-state index contributed by atoms with van der Waals surface area (Å²) >= 11 is 1.68. The molecule has 0 amide bonds. The van der Waals surface area contributed by atoms with Crippen molar-refractivity contribution in [1.29, 1.82) is 0 Å². The number of nitrogens with zero attached hydrogens (tertiary/aromatic N) is 1. The number of anilines is 2. The van der Waals surface area contributed by atoms with Crippen molar-refractivity contribution in [1.82, 2.24) is 4.98 Å². The van der Waals surface area contributed by atoms with E-state index >= 15 is 0 Å². The van der Waals surface area contributed by atoms with Crippen LogP contribution in [0.4, 0.5) is 11.5 Å². The first-order chi connectivity index (χ1) is 9.99. The number of aromatic carboxylic acids is 1. The first-order valence-corrected chi connectivity index (χ1v) is 7.88. The molecule has 0 fully saturated rings. The second kappa shape index (κ2) is 6.63. The molecule has 1 aromatic carbocycles. The smallest absolute Gasteiger partial charge is 0.335 e. The van der Waals surface area contributed by atoms with Gasteiger partial charge in [0, 0.05) is 16.3 Å². The quantitative estimate of drug-likeness (QED) is 0.803. The van der Waals surface area contributed by atoms with E-state index in [4.69, 9.17) is 0 Å². The fourth-order valence-electron chi connectivity index (χ4n) is 1.86. The van der Waals surface area contributed by atoms with E-state index in [0.29, 0.717) is 5.82 Å². The van der Waals surface area contributed by atoms with Crippen LogP contribution in [0.5, 0.6) is 0 Å². The summed E-state index contributed by atoms with van der Waals surface area (Å²) in [7, 11) is 0. The number of hydrogen-bond acceptors (Lipinski definition) is 4. The van der Waals surface area contributed by atoms with Crippen LogP contribution in [0.15, 0.2) is 41.3 Å². The van der Waals surface area contributed by atoms with Crippen LogP contribution in [0, 0.1) is 0 Å². The number of hydrogen-bond donors (Lipinski definition) is 2. The Hall–Kier alpha value is -2.01. The van der Waals surface area contributed by atoms with Gasteiger partial charge in [0.1, 0.15) is 5.82 Å². The molecule has 0 saturated heterocycles. The number of thioether (sulfide) groups is 1. The predicted octanol–water partition coefficient (Wildman–Crippen LogP) is 4.37. The van der Waals surface area contributed by atoms with Crippen LogP contribution < -0.4 is 5.32 Å². The van der Waals surface area contributed by atoms with Crippen molar-refractivity contribution in [3.63, 3.8) is 0 Å². The van der Waals surface area contributed by atoms with Crippen molar-refractivity contribution in [3.8, 4) is 0 Å². The molecule has 0 saturated carbocycles. The molecule has 0 bridgehead atoms. The van der Waals surface area contributed by atoms with E-state index < -0.39 is 5.97 Å². The molecule has 2 rings (SSSR count). The second-order valence-electron chi connectivity index (χ2n) is 4.98. The van der Waals surface area contributed by atoms with Gasteiger partial charge in [-0.15, -0.1) is 11.8 Å². The molecule has 0 unspecified atom stereocenters. The van der Waals surface area contributed by atoms with Gasteiger partial charge in [0.25, 0.3) is 0 Å². The summed E-state index contributed by atoms with van der Waals surface area (Å²) in [4.78, 5) is 16.9. The van der Waals surface area contributed by atoms with E-state index in [-0.39, 0.29) is 11.5 Å². The largest absolute Gasteiger partial charge is 0.478 e. The van der Waals surface area contributed by atoms with Crippen molar-refractivity contribution < 1.29 is 9.90 Å². The number of benzene rings is 1. The maximum atomic E-state index is 11.2. The Morgan fingerprint density at radius 1 is 1.24 bits per heavy atom. The van der Waals surface area contributed by atoms with Gasteiger partial charge in [-0.05, 0) is 48.6 Å². The van der Waals surface area contributed by atoms with Gasteiger partial charge in [-0.2, -0.15) is 0 Å². The minimum absolute atomic E-state index is 0.170. The van der Waals surface area contributed by atoms with Gasteiger partial charge in [0.2, 0.25) is 0 Å². The summed E-state index contributed by atoms with van der Waals surface area (Å²) in [6.07, 6.45) is 2.02. The minimum Gasteiger partial charge on any atom is -0.478 e. The number of carboxylic acids is 1. The highest BCUT2D eigenvalue weighted by Crippen LogP contribution is 2.23. The monoisotopic (exact) mass is 302 g/mol. The van der Waals surface area contributed by atoms with Crippen LogP contribution in [-0.2, 0) is 0 Å². The fraction of sp³-hybridized carbons (Fsp3) is 0.250. The fourth-order valence-corrected chi connectivity index (χ4v) is 2.27. The van der Waals surface area contributed by atoms with Crippen LogP contribution in [0.25, 0.3) is 0 Å². The number of aromatic nitrogens is 1. The lowest BCUT2D eigenvalue weighted by molar-refractivity contribution is 0.0696. The lowest BCUT2D eigenvalue weighted by Gasteiger charge is -2.11. The second-order valence-corrected chi connectivity index (χ2v) is 5.86. The van der Waals surface area contributed by atoms with E-state index in [1.54, 1.807) is 23.9 Å². The van der Waals surface area contributed by atoms with Gasteiger partial charge < -0.3 is 10.4 Å². The van der Waals surface area contributed by atoms with Crippen LogP contribution >= 0.6 is 11.8 Å². The van der Waals surface area contributed by atoms with E-state index in [1.807, 2.05) is 44.4 Å². The lowest BCUT2D eigenvalue weighted by Crippen LogP contribution is -2.04. The Balaban J connectivity index is 2.31. The van der Waals surface area contributed by atoms with E-state index in [2.05, 4.69) is 10.3 Å². The maximum absolute atomic E-state index is 11.2. The van der Waals surface area contributed by atoms with Crippen molar-refractivity contribution in [2.45, 2.75) is 24.7 Å². The molecule has 5 heteroatoms. The third-order valence-electron chi connectivity index (χ3n) is 3.05. The Morgan fingerprint density at radius 2 is 1.90 bits per heavy atom. The van der Waals surface area contributed by atoms with Crippen LogP contribution in [-0.4, -0.2) is 22.3 Å². The zero-order valence-corrected chi connectivity index (χ0v) is 13.1. The third-order valence-corrected chi connectivity index (χ3v) is 3.79. The number of nitrogens with one attached hydrogen (secondary N) is 1. The molecule has 0 aliphatic rings. The van der Waals surface area contributed by atoms with Gasteiger partial charge in [-0.25, -0.2) is 9.78 Å². The van der Waals surface area contributed by atoms with Crippen molar-refractivity contribution in [3.05, 3.63) is 47.7 Å². The molecule has 1 heterocycles. The van der Waals surface area contributed by atoms with Gasteiger partial charge in [-0.1, -0.05) is 13.8 Å². The van der Waals surface area contributed by atoms with Crippen molar-refractivity contribution in [2.75, 3.05) is 11.6 Å². The van der Waals surface area contributed by atoms with Crippen LogP contribution in [0.2, 0.25) is 0 Å². The normalized spacial score (nSPS) is 10.7. The maximum Gasteiger partial charge on any atom is 0.335 e. The Morgan fingerprint density at radius 3 is 2.43 bits per heavy atom. The number of rotatable bonds is 5. The third kappa shape index (κ3) is 3.98. The molecule has 110 valence electrons. The van der Waals surface area contributed by atoms with Gasteiger partial charge in [0.15, 0.2) is 0 Å². The summed E-state index contributed by atoms with van der Waals surface area (Å²) in [6.45, 7) is 3.98. The zero-order valence-electron chi connectivity index (χ0n) is 12.3. The highest BCUT2D eigenvalue weighted by molar-refractivity contribution is 7.98. The summed E-state index contributed by atoms with van der Waals surface area (Å²) < 4.78 is 0. The first-order valence-electron chi connectivity index (χ1n) is 6.66. The molecule has 0 aliphatic heterocycles. The summed E-state index contributed by atoms with van der Waals surface area (Å²) in [5.74, 6) is -0.223. The summed E-state index contributed by atoms with van der Waals surface area (Å²) in [5, 5.41) is 12.4. The number of carbonyl (C=O) groups is 1. The molecule has 1 aromatic heterocycles. The SMILES string of the molecule is CSc1ccc(Nc2cc(C(=O)O)cc(C(C)C)n2)cc1. The molecule has 0 atom stereocenters. The molecule has 21 heavy (non-hydrogen) atoms. The van der Waals surface area contributed by atoms with E-state index in [1.165, 1.54) is 4.90 Å². The predicted molar refractivity (Wildman–Crippen MR) is 86.8 cm³/mol. The molecule has 4 nitrogen and oxygen atoms in total. The highest BCUT2D eigenvalue weighted by Gasteiger charge is 2.11. The van der Waals surface area contributed by atoms with E-state index in [9.17, 15) is 9.90 Å². The molecule has 0 radical (unpaired) electrons. The molecular formula is C16H18N2O2S. The lowest BCUT2D eigenvalue weighted by atomic mass is 10.1.